The number of likely N-dealkylation sites (N-methyl/N-ethyl adjacent to an activating group) is 1. The lowest BCUT2D eigenvalue weighted by molar-refractivity contribution is -0.442. The van der Waals surface area contributed by atoms with E-state index >= 15 is 0 Å². The molecule has 158 valence electrons. The Balaban J connectivity index is 0.00000210. The van der Waals surface area contributed by atoms with E-state index < -0.39 is 11.7 Å². The number of benzene rings is 2. The quantitative estimate of drug-likeness (QED) is 0.649. The Bertz CT molecular complexity index is 871. The summed E-state index contributed by atoms with van der Waals surface area (Å²) in [6.07, 6.45) is -4.46. The lowest BCUT2D eigenvalue weighted by Crippen LogP contribution is -3.00. The van der Waals surface area contributed by atoms with Gasteiger partial charge < -0.3 is 22.2 Å². The number of amides is 1. The standard InChI is InChI=1S/C20H20F3N3O.2ClH/c1-25(2)10-11-26-17-9-8-15(20(21,22)23)12-16(17)19(24-13-18(26)27)14-6-4-3-5-7-14;;/h3-9,12H,10-11,13H2,1-2H3;2*1H. The third kappa shape index (κ3) is 5.72. The van der Waals surface area contributed by atoms with Gasteiger partial charge in [0.25, 0.3) is 5.91 Å². The van der Waals surface area contributed by atoms with Crippen LogP contribution in [0.2, 0.25) is 0 Å². The molecule has 3 rings (SSSR count). The smallest absolute Gasteiger partial charge is 0.416 e. The van der Waals surface area contributed by atoms with Gasteiger partial charge in [0, 0.05) is 18.7 Å². The van der Waals surface area contributed by atoms with E-state index in [1.54, 1.807) is 4.90 Å². The number of alkyl halides is 3. The summed E-state index contributed by atoms with van der Waals surface area (Å²) < 4.78 is 39.9. The van der Waals surface area contributed by atoms with Gasteiger partial charge in [0.1, 0.15) is 0 Å². The van der Waals surface area contributed by atoms with Gasteiger partial charge in [-0.3, -0.25) is 4.79 Å². The van der Waals surface area contributed by atoms with Crippen LogP contribution in [0, 0.1) is 0 Å². The van der Waals surface area contributed by atoms with Crippen molar-refractivity contribution in [2.24, 2.45) is 0 Å². The minimum absolute atomic E-state index is 0. The topological polar surface area (TPSA) is 37.5 Å². The van der Waals surface area contributed by atoms with Gasteiger partial charge in [-0.25, -0.2) is 4.99 Å². The first-order chi connectivity index (χ1) is 12.8. The highest BCUT2D eigenvalue weighted by Gasteiger charge is 2.35. The Morgan fingerprint density at radius 2 is 1.76 bits per heavy atom. The molecule has 29 heavy (non-hydrogen) atoms. The first-order valence-electron chi connectivity index (χ1n) is 8.60. The average molecular weight is 448 g/mol. The molecule has 2 aromatic rings. The van der Waals surface area contributed by atoms with Crippen LogP contribution >= 0.6 is 12.4 Å². The molecule has 0 saturated carbocycles. The molecule has 0 aromatic heterocycles. The summed E-state index contributed by atoms with van der Waals surface area (Å²) in [7, 11) is 3.77. The van der Waals surface area contributed by atoms with Crippen LogP contribution < -0.4 is 22.3 Å². The largest absolute Gasteiger partial charge is 1.00 e. The van der Waals surface area contributed by atoms with Gasteiger partial charge in [0.05, 0.1) is 16.8 Å². The summed E-state index contributed by atoms with van der Waals surface area (Å²) in [5.74, 6) is -0.177. The number of nitrogens with zero attached hydrogens (tertiary/aromatic N) is 2. The number of fused-ring (bicyclic) bond motifs is 1. The number of hydrogen-bond acceptors (Lipinski definition) is 2. The highest BCUT2D eigenvalue weighted by molar-refractivity contribution is 6.15. The average Bonchev–Trinajstić information content (AvgIpc) is 2.75. The van der Waals surface area contributed by atoms with Crippen LogP contribution in [0.25, 0.3) is 0 Å². The zero-order valence-electron chi connectivity index (χ0n) is 16.0. The number of halogens is 5. The second kappa shape index (κ2) is 10.1. The third-order valence-corrected chi connectivity index (χ3v) is 4.43. The number of rotatable bonds is 4. The van der Waals surface area contributed by atoms with E-state index in [-0.39, 0.29) is 37.3 Å². The van der Waals surface area contributed by atoms with Gasteiger partial charge in [0.15, 0.2) is 0 Å². The number of carbonyl (C=O) groups excluding carboxylic acids is 1. The van der Waals surface area contributed by atoms with E-state index in [1.807, 2.05) is 49.3 Å². The van der Waals surface area contributed by atoms with Crippen LogP contribution in [-0.4, -0.2) is 50.2 Å². The lowest BCUT2D eigenvalue weighted by atomic mass is 9.98. The van der Waals surface area contributed by atoms with Crippen molar-refractivity contribution in [3.8, 4) is 0 Å². The van der Waals surface area contributed by atoms with Crippen molar-refractivity contribution in [1.82, 2.24) is 4.90 Å². The van der Waals surface area contributed by atoms with Crippen molar-refractivity contribution in [3.63, 3.8) is 0 Å². The molecule has 1 N–H and O–H groups in total. The Morgan fingerprint density at radius 3 is 2.34 bits per heavy atom. The minimum atomic E-state index is -4.46. The van der Waals surface area contributed by atoms with Crippen molar-refractivity contribution >= 4 is 29.7 Å². The summed E-state index contributed by atoms with van der Waals surface area (Å²) in [6, 6.07) is 12.6. The van der Waals surface area contributed by atoms with E-state index in [0.717, 1.165) is 17.7 Å². The number of anilines is 1. The Morgan fingerprint density at radius 1 is 1.10 bits per heavy atom. The molecule has 2 aromatic carbocycles. The molecule has 1 aliphatic rings. The molecule has 0 saturated heterocycles. The molecule has 1 amide bonds. The molecule has 1 heterocycles. The molecule has 0 spiro atoms. The Labute approximate surface area is 180 Å². The van der Waals surface area contributed by atoms with Gasteiger partial charge in [-0.15, -0.1) is 12.4 Å². The zero-order chi connectivity index (χ0) is 19.6. The molecule has 0 aliphatic carbocycles. The van der Waals surface area contributed by atoms with Crippen LogP contribution in [0.4, 0.5) is 18.9 Å². The maximum absolute atomic E-state index is 13.3. The first-order valence-corrected chi connectivity index (χ1v) is 8.60. The first kappa shape index (κ1) is 24.9. The molecular formula is C20H22Cl2F3N3O. The van der Waals surface area contributed by atoms with Gasteiger partial charge >= 0.3 is 6.18 Å². The fraction of sp³-hybridized carbons (Fsp3) is 0.300. The maximum Gasteiger partial charge on any atom is 0.416 e. The van der Waals surface area contributed by atoms with Gasteiger partial charge in [0.2, 0.25) is 12.3 Å². The SMILES string of the molecule is CN(C)CCN1C(=O)C[NH+]=C(c2ccccc2)c2cc(C(F)(F)F)ccc21.Cl.[Cl-]. The molecule has 4 nitrogen and oxygen atoms in total. The summed E-state index contributed by atoms with van der Waals surface area (Å²) in [4.78, 5) is 19.2. The van der Waals surface area contributed by atoms with Gasteiger partial charge in [-0.2, -0.15) is 13.2 Å². The summed E-state index contributed by atoms with van der Waals surface area (Å²) in [5, 5.41) is 0. The molecule has 0 fully saturated rings. The Hall–Kier alpha value is -2.09. The summed E-state index contributed by atoms with van der Waals surface area (Å²) >= 11 is 0. The van der Waals surface area contributed by atoms with Crippen molar-refractivity contribution in [3.05, 3.63) is 65.2 Å². The molecule has 0 atom stereocenters. The lowest BCUT2D eigenvalue weighted by Gasteiger charge is -2.24. The predicted molar refractivity (Wildman–Crippen MR) is 105 cm³/mol. The van der Waals surface area contributed by atoms with Crippen molar-refractivity contribution in [2.45, 2.75) is 6.18 Å². The Kier molecular flexibility index (Phi) is 8.68. The van der Waals surface area contributed by atoms with E-state index in [9.17, 15) is 18.0 Å². The van der Waals surface area contributed by atoms with Crippen molar-refractivity contribution in [1.29, 1.82) is 0 Å². The van der Waals surface area contributed by atoms with Crippen molar-refractivity contribution in [2.75, 3.05) is 38.6 Å². The fourth-order valence-corrected chi connectivity index (χ4v) is 3.04. The van der Waals surface area contributed by atoms with Crippen LogP contribution in [0.3, 0.4) is 0 Å². The summed E-state index contributed by atoms with van der Waals surface area (Å²) in [5.41, 5.74) is 1.38. The molecule has 9 heteroatoms. The fourth-order valence-electron chi connectivity index (χ4n) is 3.04. The summed E-state index contributed by atoms with van der Waals surface area (Å²) in [6.45, 7) is 1.02. The molecule has 1 aliphatic heterocycles. The van der Waals surface area contributed by atoms with Crippen LogP contribution in [-0.2, 0) is 11.0 Å². The van der Waals surface area contributed by atoms with Gasteiger partial charge in [-0.05, 0) is 44.4 Å². The second-order valence-electron chi connectivity index (χ2n) is 6.67. The molecular weight excluding hydrogens is 426 g/mol. The molecule has 0 radical (unpaired) electrons. The van der Waals surface area contributed by atoms with E-state index in [4.69, 9.17) is 0 Å². The normalized spacial score (nSPS) is 13.8. The molecule has 0 unspecified atom stereocenters. The monoisotopic (exact) mass is 447 g/mol. The number of benzodiazepines with no additional fused rings is 1. The third-order valence-electron chi connectivity index (χ3n) is 4.43. The van der Waals surface area contributed by atoms with Crippen LogP contribution in [0.1, 0.15) is 16.7 Å². The predicted octanol–water partition coefficient (Wildman–Crippen LogP) is -1.04. The number of hydrogen-bond donors (Lipinski definition) is 1. The van der Waals surface area contributed by atoms with E-state index in [2.05, 4.69) is 4.99 Å². The highest BCUT2D eigenvalue weighted by atomic mass is 35.5. The zero-order valence-corrected chi connectivity index (χ0v) is 17.5. The van der Waals surface area contributed by atoms with Crippen LogP contribution in [0.5, 0.6) is 0 Å². The molecule has 0 bridgehead atoms. The second-order valence-corrected chi connectivity index (χ2v) is 6.67. The van der Waals surface area contributed by atoms with Crippen molar-refractivity contribution < 1.29 is 35.4 Å². The number of carbonyl (C=O) groups is 1. The maximum atomic E-state index is 13.3. The number of nitrogens with one attached hydrogen (secondary N) is 1. The van der Waals surface area contributed by atoms with Gasteiger partial charge in [-0.1, -0.05) is 18.2 Å². The minimum Gasteiger partial charge on any atom is -1.00 e. The van der Waals surface area contributed by atoms with E-state index in [0.29, 0.717) is 30.1 Å². The van der Waals surface area contributed by atoms with E-state index in [1.165, 1.54) is 6.07 Å². The highest BCUT2D eigenvalue weighted by Crippen LogP contribution is 2.34. The van der Waals surface area contributed by atoms with Crippen LogP contribution in [0.15, 0.2) is 48.5 Å².